The molecule has 0 unspecified atom stereocenters. The molecule has 0 aromatic heterocycles. The van der Waals surface area contributed by atoms with Gasteiger partial charge in [-0.3, -0.25) is 4.79 Å². The zero-order chi connectivity index (χ0) is 29.4. The lowest BCUT2D eigenvalue weighted by Gasteiger charge is -2.61. The van der Waals surface area contributed by atoms with E-state index in [0.29, 0.717) is 62.9 Å². The molecule has 1 heterocycles. The van der Waals surface area contributed by atoms with E-state index in [-0.39, 0.29) is 16.6 Å². The second-order valence-electron chi connectivity index (χ2n) is 13.6. The Morgan fingerprint density at radius 2 is 1.90 bits per heavy atom. The molecular weight excluding hydrogens is 522 g/mol. The Balaban J connectivity index is 1.29. The summed E-state index contributed by atoms with van der Waals surface area (Å²) < 4.78 is 17.9. The topological polar surface area (TPSA) is 120 Å². The third-order valence-electron chi connectivity index (χ3n) is 9.89. The molecule has 1 aliphatic heterocycles. The largest absolute Gasteiger partial charge is 0.477 e. The Morgan fingerprint density at radius 1 is 1.15 bits per heavy atom. The fourth-order valence-corrected chi connectivity index (χ4v) is 7.95. The van der Waals surface area contributed by atoms with E-state index in [0.717, 1.165) is 44.1 Å². The summed E-state index contributed by atoms with van der Waals surface area (Å²) in [5, 5.41) is 2.77. The second kappa shape index (κ2) is 11.5. The fourth-order valence-electron chi connectivity index (χ4n) is 7.95. The van der Waals surface area contributed by atoms with Crippen LogP contribution >= 0.6 is 0 Å². The third kappa shape index (κ3) is 5.42. The molecule has 2 fully saturated rings. The minimum atomic E-state index is -0.545. The van der Waals surface area contributed by atoms with Gasteiger partial charge in [0.15, 0.2) is 23.4 Å². The predicted octanol–water partition coefficient (Wildman–Crippen LogP) is 5.26. The van der Waals surface area contributed by atoms with E-state index < -0.39 is 23.9 Å². The van der Waals surface area contributed by atoms with E-state index in [9.17, 15) is 14.4 Å². The van der Waals surface area contributed by atoms with Gasteiger partial charge in [0.1, 0.15) is 5.60 Å². The van der Waals surface area contributed by atoms with E-state index in [1.165, 1.54) is 12.0 Å². The van der Waals surface area contributed by atoms with Crippen LogP contribution in [0.2, 0.25) is 0 Å². The minimum Gasteiger partial charge on any atom is -0.477 e. The Hall–Kier alpha value is -2.81. The summed E-state index contributed by atoms with van der Waals surface area (Å²) >= 11 is 0. The van der Waals surface area contributed by atoms with Gasteiger partial charge in [-0.2, -0.15) is 0 Å². The van der Waals surface area contributed by atoms with Crippen LogP contribution in [0.15, 0.2) is 12.1 Å². The van der Waals surface area contributed by atoms with Crippen molar-refractivity contribution >= 4 is 18.0 Å². The van der Waals surface area contributed by atoms with Crippen molar-refractivity contribution in [2.24, 2.45) is 17.1 Å². The molecule has 3 N–H and O–H groups in total. The molecule has 0 saturated heterocycles. The maximum atomic E-state index is 13.5. The number of hydrogen-bond donors (Lipinski definition) is 2. The first-order chi connectivity index (χ1) is 19.5. The molecule has 0 radical (unpaired) electrons. The number of Topliss-reactive ketones (excluding diaryl/α,β-unsaturated/α-hetero) is 1. The number of benzene rings is 1. The van der Waals surface area contributed by atoms with Crippen LogP contribution in [0, 0.1) is 11.3 Å². The molecule has 1 aromatic rings. The van der Waals surface area contributed by atoms with Crippen molar-refractivity contribution in [3.8, 4) is 11.5 Å². The van der Waals surface area contributed by atoms with E-state index in [2.05, 4.69) is 18.3 Å². The van der Waals surface area contributed by atoms with Gasteiger partial charge in [0.05, 0.1) is 0 Å². The monoisotopic (exact) mass is 569 g/mol. The smallest absolute Gasteiger partial charge is 0.415 e. The Labute approximate surface area is 243 Å². The predicted molar refractivity (Wildman–Crippen MR) is 155 cm³/mol. The van der Waals surface area contributed by atoms with Crippen LogP contribution < -0.4 is 20.5 Å². The van der Waals surface area contributed by atoms with Crippen molar-refractivity contribution in [1.82, 2.24) is 10.2 Å². The van der Waals surface area contributed by atoms with Gasteiger partial charge in [-0.25, -0.2) is 9.59 Å². The van der Waals surface area contributed by atoms with Crippen LogP contribution in [-0.2, 0) is 21.4 Å². The zero-order valence-corrected chi connectivity index (χ0v) is 25.2. The van der Waals surface area contributed by atoms with Crippen molar-refractivity contribution < 1.29 is 28.6 Å². The summed E-state index contributed by atoms with van der Waals surface area (Å²) in [6.45, 7) is 9.89. The number of alkyl carbamates (subject to hydrolysis) is 1. The van der Waals surface area contributed by atoms with Crippen LogP contribution in [0.5, 0.6) is 11.5 Å². The molecule has 5 rings (SSSR count). The zero-order valence-electron chi connectivity index (χ0n) is 25.2. The third-order valence-corrected chi connectivity index (χ3v) is 9.89. The summed E-state index contributed by atoms with van der Waals surface area (Å²) in [7, 11) is 0. The van der Waals surface area contributed by atoms with Crippen molar-refractivity contribution in [3.63, 3.8) is 0 Å². The lowest BCUT2D eigenvalue weighted by atomic mass is 9.41. The molecule has 9 heteroatoms. The quantitative estimate of drug-likeness (QED) is 0.369. The van der Waals surface area contributed by atoms with Crippen LogP contribution in [0.25, 0.3) is 0 Å². The number of amides is 2. The number of rotatable bonds is 10. The molecule has 1 aromatic carbocycles. The van der Waals surface area contributed by atoms with Gasteiger partial charge in [0.2, 0.25) is 0 Å². The molecule has 41 heavy (non-hydrogen) atoms. The highest BCUT2D eigenvalue weighted by Gasteiger charge is 2.69. The van der Waals surface area contributed by atoms with E-state index in [4.69, 9.17) is 19.9 Å². The van der Waals surface area contributed by atoms with Crippen molar-refractivity contribution in [3.05, 3.63) is 23.3 Å². The molecule has 4 atom stereocenters. The summed E-state index contributed by atoms with van der Waals surface area (Å²) in [5.74, 6) is 1.73. The molecule has 2 saturated carbocycles. The average Bonchev–Trinajstić information content (AvgIpc) is 3.25. The van der Waals surface area contributed by atoms with Crippen molar-refractivity contribution in [1.29, 1.82) is 0 Å². The summed E-state index contributed by atoms with van der Waals surface area (Å²) in [4.78, 5) is 40.4. The minimum absolute atomic E-state index is 0.0201. The van der Waals surface area contributed by atoms with Gasteiger partial charge in [0, 0.05) is 37.0 Å². The number of ether oxygens (including phenoxy) is 3. The number of nitrogens with two attached hydrogens (primary N) is 1. The summed E-state index contributed by atoms with van der Waals surface area (Å²) in [5.41, 5.74) is 7.23. The average molecular weight is 570 g/mol. The molecule has 226 valence electrons. The lowest BCUT2D eigenvalue weighted by molar-refractivity contribution is -0.146. The van der Waals surface area contributed by atoms with Gasteiger partial charge in [0.25, 0.3) is 0 Å². The van der Waals surface area contributed by atoms with E-state index in [1.807, 2.05) is 26.8 Å². The molecule has 3 aliphatic carbocycles. The SMILES string of the molecule is CC(C)(C)OC(=O)NCCCCN(CCCCN)C(=O)Oc1ccc2c3c1O[C@H]1C(=O)CC[C@@]4(C)[C@H](CCC[C@]314)C2. The molecule has 1 spiro atoms. The molecular formula is C32H47N3O6. The highest BCUT2D eigenvalue weighted by atomic mass is 16.6. The number of nitrogens with zero attached hydrogens (tertiary/aromatic N) is 1. The number of hydrogen-bond acceptors (Lipinski definition) is 7. The fraction of sp³-hybridized carbons (Fsp3) is 0.719. The maximum absolute atomic E-state index is 13.5. The first-order valence-electron chi connectivity index (χ1n) is 15.5. The number of nitrogens with one attached hydrogen (secondary N) is 1. The van der Waals surface area contributed by atoms with E-state index in [1.54, 1.807) is 4.90 Å². The van der Waals surface area contributed by atoms with Crippen molar-refractivity contribution in [2.45, 2.75) is 109 Å². The van der Waals surface area contributed by atoms with Gasteiger partial charge in [-0.1, -0.05) is 19.4 Å². The Morgan fingerprint density at radius 3 is 2.63 bits per heavy atom. The van der Waals surface area contributed by atoms with Crippen LogP contribution in [-0.4, -0.2) is 60.8 Å². The normalized spacial score (nSPS) is 27.5. The van der Waals surface area contributed by atoms with Gasteiger partial charge in [-0.05, 0) is 102 Å². The summed E-state index contributed by atoms with van der Waals surface area (Å²) in [6, 6.07) is 3.94. The first-order valence-corrected chi connectivity index (χ1v) is 15.5. The van der Waals surface area contributed by atoms with Gasteiger partial charge < -0.3 is 30.2 Å². The molecule has 2 amide bonds. The van der Waals surface area contributed by atoms with Crippen LogP contribution in [0.4, 0.5) is 9.59 Å². The molecule has 2 bridgehead atoms. The number of unbranched alkanes of at least 4 members (excludes halogenated alkanes) is 2. The Bertz CT molecular complexity index is 1180. The van der Waals surface area contributed by atoms with Crippen molar-refractivity contribution in [2.75, 3.05) is 26.2 Å². The number of carbonyl (C=O) groups is 3. The second-order valence-corrected chi connectivity index (χ2v) is 13.6. The lowest BCUT2D eigenvalue weighted by Crippen LogP contribution is -2.64. The first kappa shape index (κ1) is 29.7. The standard InChI is InChI=1S/C32H47N3O6/c1-30(2,3)41-28(37)34-17-6-8-19-35(18-7-5-16-33)29(38)39-24-12-11-21-20-22-10-9-14-32-25(21)26(24)40-27(32)23(36)13-15-31(22,32)4/h11-12,22,27H,5-10,13-20,33H2,1-4H3,(H,34,37)/t22-,27+,31+,32+/m1/s1. The summed E-state index contributed by atoms with van der Waals surface area (Å²) in [6.07, 6.45) is 7.27. The van der Waals surface area contributed by atoms with Gasteiger partial charge >= 0.3 is 12.2 Å². The molecule has 4 aliphatic rings. The number of carbonyl (C=O) groups excluding carboxylic acids is 3. The Kier molecular flexibility index (Phi) is 8.30. The highest BCUT2D eigenvalue weighted by Crippen LogP contribution is 2.70. The van der Waals surface area contributed by atoms with Crippen LogP contribution in [0.3, 0.4) is 0 Å². The highest BCUT2D eigenvalue weighted by molar-refractivity contribution is 5.89. The van der Waals surface area contributed by atoms with Gasteiger partial charge in [-0.15, -0.1) is 0 Å². The van der Waals surface area contributed by atoms with E-state index >= 15 is 0 Å². The number of ketones is 1. The maximum Gasteiger partial charge on any atom is 0.415 e. The van der Waals surface area contributed by atoms with Crippen LogP contribution in [0.1, 0.15) is 96.6 Å². The molecule has 9 nitrogen and oxygen atoms in total.